The Bertz CT molecular complexity index is 1180. The van der Waals surface area contributed by atoms with Crippen molar-refractivity contribution in [2.45, 2.75) is 33.2 Å². The van der Waals surface area contributed by atoms with E-state index in [4.69, 9.17) is 4.52 Å². The molecule has 0 amide bonds. The third kappa shape index (κ3) is 4.76. The number of hydrogen-bond acceptors (Lipinski definition) is 5. The number of alkyl halides is 3. The van der Waals surface area contributed by atoms with Gasteiger partial charge in [0.15, 0.2) is 5.69 Å². The average Bonchev–Trinajstić information content (AvgIpc) is 3.35. The van der Waals surface area contributed by atoms with Crippen molar-refractivity contribution < 1.29 is 22.4 Å². The Morgan fingerprint density at radius 1 is 1.13 bits per heavy atom. The fraction of sp³-hybridized carbons (Fsp3) is 0.227. The number of hydrogen-bond donors (Lipinski definition) is 0. The highest BCUT2D eigenvalue weighted by Gasteiger charge is 2.31. The van der Waals surface area contributed by atoms with Gasteiger partial charge in [-0.2, -0.15) is 10.1 Å². The summed E-state index contributed by atoms with van der Waals surface area (Å²) in [7, 11) is 0. The molecule has 0 bridgehead atoms. The molecule has 159 valence electrons. The van der Waals surface area contributed by atoms with Crippen molar-refractivity contribution in [3.8, 4) is 28.7 Å². The lowest BCUT2D eigenvalue weighted by atomic mass is 10.1. The molecular formula is C22H18F3N4O2. The van der Waals surface area contributed by atoms with Crippen LogP contribution in [0.1, 0.15) is 23.7 Å². The van der Waals surface area contributed by atoms with Gasteiger partial charge in [0, 0.05) is 11.3 Å². The van der Waals surface area contributed by atoms with Crippen molar-refractivity contribution in [1.29, 1.82) is 0 Å². The zero-order chi connectivity index (χ0) is 22.0. The molecule has 0 aliphatic rings. The summed E-state index contributed by atoms with van der Waals surface area (Å²) in [5.41, 5.74) is 4.30. The van der Waals surface area contributed by atoms with E-state index < -0.39 is 6.36 Å². The minimum atomic E-state index is -4.74. The Hall–Kier alpha value is -3.62. The van der Waals surface area contributed by atoms with Crippen molar-refractivity contribution >= 4 is 0 Å². The van der Waals surface area contributed by atoms with Crippen LogP contribution in [0.15, 0.2) is 53.1 Å². The average molecular weight is 427 g/mol. The lowest BCUT2D eigenvalue weighted by Gasteiger charge is -2.08. The minimum absolute atomic E-state index is 0.225. The lowest BCUT2D eigenvalue weighted by Crippen LogP contribution is -2.16. The molecule has 0 aliphatic carbocycles. The largest absolute Gasteiger partial charge is 0.573 e. The third-order valence-electron chi connectivity index (χ3n) is 4.72. The number of aromatic nitrogens is 4. The van der Waals surface area contributed by atoms with Gasteiger partial charge in [-0.3, -0.25) is 4.68 Å². The Labute approximate surface area is 176 Å². The molecule has 0 N–H and O–H groups in total. The molecule has 0 unspecified atom stereocenters. The van der Waals surface area contributed by atoms with Gasteiger partial charge in [0.25, 0.3) is 5.89 Å². The van der Waals surface area contributed by atoms with Crippen molar-refractivity contribution in [3.05, 3.63) is 71.4 Å². The molecule has 0 fully saturated rings. The maximum atomic E-state index is 12.3. The van der Waals surface area contributed by atoms with Crippen LogP contribution in [0, 0.1) is 13.0 Å². The maximum Gasteiger partial charge on any atom is 0.573 e. The molecule has 2 heterocycles. The quantitative estimate of drug-likeness (QED) is 0.422. The summed E-state index contributed by atoms with van der Waals surface area (Å²) in [6.45, 7) is 4.63. The number of nitrogens with zero attached hydrogens (tertiary/aromatic N) is 4. The fourth-order valence-corrected chi connectivity index (χ4v) is 3.18. The smallest absolute Gasteiger partial charge is 0.406 e. The molecule has 0 saturated carbocycles. The second-order valence-corrected chi connectivity index (χ2v) is 6.87. The molecule has 4 rings (SSSR count). The van der Waals surface area contributed by atoms with E-state index >= 15 is 0 Å². The van der Waals surface area contributed by atoms with Crippen molar-refractivity contribution in [2.75, 3.05) is 0 Å². The van der Waals surface area contributed by atoms with E-state index in [0.29, 0.717) is 17.8 Å². The first-order valence-electron chi connectivity index (χ1n) is 9.55. The summed E-state index contributed by atoms with van der Waals surface area (Å²) in [6, 6.07) is 16.1. The Balaban J connectivity index is 1.54. The van der Waals surface area contributed by atoms with Gasteiger partial charge in [-0.05, 0) is 66.9 Å². The summed E-state index contributed by atoms with van der Waals surface area (Å²) in [5.74, 6) is 0.147. The first kappa shape index (κ1) is 20.6. The van der Waals surface area contributed by atoms with E-state index in [-0.39, 0.29) is 17.5 Å². The number of ether oxygens (including phenoxy) is 1. The van der Waals surface area contributed by atoms with Crippen LogP contribution in [0.3, 0.4) is 0 Å². The second-order valence-electron chi connectivity index (χ2n) is 6.87. The number of aryl methyl sites for hydroxylation is 2. The molecule has 0 atom stereocenters. The van der Waals surface area contributed by atoms with Crippen LogP contribution in [-0.4, -0.2) is 26.3 Å². The normalized spacial score (nSPS) is 11.6. The highest BCUT2D eigenvalue weighted by Crippen LogP contribution is 2.27. The van der Waals surface area contributed by atoms with Crippen LogP contribution >= 0.6 is 0 Å². The van der Waals surface area contributed by atoms with Crippen LogP contribution in [0.4, 0.5) is 13.2 Å². The summed E-state index contributed by atoms with van der Waals surface area (Å²) >= 11 is 0. The molecule has 0 saturated heterocycles. The van der Waals surface area contributed by atoms with Gasteiger partial charge in [0.05, 0.1) is 6.54 Å². The second kappa shape index (κ2) is 8.25. The van der Waals surface area contributed by atoms with E-state index in [0.717, 1.165) is 17.7 Å². The highest BCUT2D eigenvalue weighted by molar-refractivity contribution is 5.59. The monoisotopic (exact) mass is 427 g/mol. The molecule has 2 aromatic carbocycles. The van der Waals surface area contributed by atoms with Crippen LogP contribution in [0.25, 0.3) is 23.0 Å². The third-order valence-corrected chi connectivity index (χ3v) is 4.72. The van der Waals surface area contributed by atoms with Crippen LogP contribution < -0.4 is 4.74 Å². The summed E-state index contributed by atoms with van der Waals surface area (Å²) in [5, 5.41) is 8.49. The summed E-state index contributed by atoms with van der Waals surface area (Å²) < 4.78 is 47.9. The van der Waals surface area contributed by atoms with Crippen LogP contribution in [0.5, 0.6) is 5.75 Å². The minimum Gasteiger partial charge on any atom is -0.406 e. The van der Waals surface area contributed by atoms with Gasteiger partial charge in [-0.15, -0.1) is 13.2 Å². The molecule has 0 spiro atoms. The Kier molecular flexibility index (Phi) is 5.50. The topological polar surface area (TPSA) is 66.0 Å². The van der Waals surface area contributed by atoms with Crippen LogP contribution in [-0.2, 0) is 13.0 Å². The number of halogens is 3. The highest BCUT2D eigenvalue weighted by atomic mass is 19.4. The van der Waals surface area contributed by atoms with E-state index in [1.54, 1.807) is 0 Å². The predicted octanol–water partition coefficient (Wildman–Crippen LogP) is 5.22. The number of rotatable bonds is 6. The summed E-state index contributed by atoms with van der Waals surface area (Å²) in [6.07, 6.45) is -3.83. The molecule has 6 nitrogen and oxygen atoms in total. The van der Waals surface area contributed by atoms with Gasteiger partial charge < -0.3 is 9.26 Å². The molecular weight excluding hydrogens is 409 g/mol. The van der Waals surface area contributed by atoms with Crippen LogP contribution in [0.2, 0.25) is 0 Å². The zero-order valence-electron chi connectivity index (χ0n) is 16.8. The molecule has 31 heavy (non-hydrogen) atoms. The van der Waals surface area contributed by atoms with Crippen molar-refractivity contribution in [2.24, 2.45) is 0 Å². The van der Waals surface area contributed by atoms with Gasteiger partial charge >= 0.3 is 6.36 Å². The zero-order valence-corrected chi connectivity index (χ0v) is 16.8. The van der Waals surface area contributed by atoms with Crippen molar-refractivity contribution in [3.63, 3.8) is 0 Å². The lowest BCUT2D eigenvalue weighted by molar-refractivity contribution is -0.274. The van der Waals surface area contributed by atoms with Gasteiger partial charge in [-0.1, -0.05) is 24.2 Å². The summed E-state index contributed by atoms with van der Waals surface area (Å²) in [4.78, 5) is 4.33. The first-order valence-corrected chi connectivity index (χ1v) is 9.55. The Morgan fingerprint density at radius 3 is 2.61 bits per heavy atom. The van der Waals surface area contributed by atoms with Gasteiger partial charge in [0.2, 0.25) is 5.82 Å². The van der Waals surface area contributed by atoms with Crippen molar-refractivity contribution in [1.82, 2.24) is 19.9 Å². The van der Waals surface area contributed by atoms with E-state index in [1.807, 2.05) is 35.9 Å². The van der Waals surface area contributed by atoms with Gasteiger partial charge in [-0.25, -0.2) is 0 Å². The van der Waals surface area contributed by atoms with E-state index in [9.17, 15) is 13.2 Å². The standard InChI is InChI=1S/C22H18F3N4O2/c1-3-15-6-4-5-7-17(15)13-29-14(2)12-19(27-29)21-26-20(28-31-21)16-8-10-18(11-9-16)30-22(23,24)25/h4,6-12H,3,13H2,1-2H3. The molecule has 0 aliphatic heterocycles. The van der Waals surface area contributed by atoms with E-state index in [2.05, 4.69) is 33.0 Å². The first-order chi connectivity index (χ1) is 14.8. The Morgan fingerprint density at radius 2 is 1.90 bits per heavy atom. The molecule has 1 radical (unpaired) electrons. The molecule has 4 aromatic rings. The van der Waals surface area contributed by atoms with Gasteiger partial charge in [0.1, 0.15) is 5.75 Å². The number of benzene rings is 2. The van der Waals surface area contributed by atoms with E-state index in [1.165, 1.54) is 29.8 Å². The SMILES string of the molecule is CCc1cc[c]cc1Cn1nc(-c2nc(-c3ccc(OC(F)(F)F)cc3)no2)cc1C. The maximum absolute atomic E-state index is 12.3. The molecule has 9 heteroatoms. The fourth-order valence-electron chi connectivity index (χ4n) is 3.18. The predicted molar refractivity (Wildman–Crippen MR) is 106 cm³/mol. The molecule has 2 aromatic heterocycles.